The number of aryl methyl sites for hydroxylation is 1. The largest absolute Gasteiger partial charge is 0.495 e. The maximum atomic E-state index is 12.5. The van der Waals surface area contributed by atoms with Gasteiger partial charge in [0.25, 0.3) is 5.91 Å². The number of hydrogen-bond acceptors (Lipinski definition) is 5. The molecule has 0 heterocycles. The van der Waals surface area contributed by atoms with Crippen molar-refractivity contribution in [3.8, 4) is 23.3 Å². The summed E-state index contributed by atoms with van der Waals surface area (Å²) in [7, 11) is 2.97. The molecule has 26 heavy (non-hydrogen) atoms. The molecule has 0 aromatic heterocycles. The zero-order chi connectivity index (χ0) is 19.3. The SMILES string of the molecule is COc1cc(Cl)c(C)cc1NC(=O)[C@@H](C)Oc1ccc(C#N)cc1OC. The fraction of sp³-hybridized carbons (Fsp3) is 0.263. The summed E-state index contributed by atoms with van der Waals surface area (Å²) in [5.74, 6) is 0.838. The van der Waals surface area contributed by atoms with E-state index in [2.05, 4.69) is 5.32 Å². The lowest BCUT2D eigenvalue weighted by atomic mass is 10.2. The highest BCUT2D eigenvalue weighted by Gasteiger charge is 2.19. The van der Waals surface area contributed by atoms with Crippen molar-refractivity contribution in [2.24, 2.45) is 0 Å². The topological polar surface area (TPSA) is 80.6 Å². The highest BCUT2D eigenvalue weighted by Crippen LogP contribution is 2.32. The average molecular weight is 375 g/mol. The number of carbonyl (C=O) groups excluding carboxylic acids is 1. The van der Waals surface area contributed by atoms with E-state index in [0.717, 1.165) is 5.56 Å². The van der Waals surface area contributed by atoms with Crippen molar-refractivity contribution in [2.75, 3.05) is 19.5 Å². The molecule has 0 bridgehead atoms. The number of ether oxygens (including phenoxy) is 3. The molecule has 0 aliphatic carbocycles. The van der Waals surface area contributed by atoms with E-state index in [1.165, 1.54) is 14.2 Å². The Morgan fingerprint density at radius 3 is 2.46 bits per heavy atom. The molecule has 0 unspecified atom stereocenters. The lowest BCUT2D eigenvalue weighted by molar-refractivity contribution is -0.122. The molecule has 136 valence electrons. The third kappa shape index (κ3) is 4.38. The summed E-state index contributed by atoms with van der Waals surface area (Å²) in [5.41, 5.74) is 1.75. The van der Waals surface area contributed by atoms with Gasteiger partial charge < -0.3 is 19.5 Å². The summed E-state index contributed by atoms with van der Waals surface area (Å²) < 4.78 is 16.1. The number of nitriles is 1. The zero-order valence-electron chi connectivity index (χ0n) is 14.9. The van der Waals surface area contributed by atoms with Gasteiger partial charge in [0.05, 0.1) is 31.5 Å². The molecular weight excluding hydrogens is 356 g/mol. The van der Waals surface area contributed by atoms with Crippen LogP contribution in [0.15, 0.2) is 30.3 Å². The Hall–Kier alpha value is -2.91. The Morgan fingerprint density at radius 1 is 1.15 bits per heavy atom. The van der Waals surface area contributed by atoms with Gasteiger partial charge in [0.2, 0.25) is 0 Å². The zero-order valence-corrected chi connectivity index (χ0v) is 15.7. The van der Waals surface area contributed by atoms with Crippen molar-refractivity contribution in [2.45, 2.75) is 20.0 Å². The molecule has 0 saturated carbocycles. The van der Waals surface area contributed by atoms with Crippen molar-refractivity contribution in [3.63, 3.8) is 0 Å². The summed E-state index contributed by atoms with van der Waals surface area (Å²) >= 11 is 6.07. The number of halogens is 1. The Morgan fingerprint density at radius 2 is 1.85 bits per heavy atom. The predicted molar refractivity (Wildman–Crippen MR) is 99.2 cm³/mol. The maximum absolute atomic E-state index is 12.5. The number of amides is 1. The number of nitrogens with one attached hydrogen (secondary N) is 1. The summed E-state index contributed by atoms with van der Waals surface area (Å²) in [5, 5.41) is 12.3. The summed E-state index contributed by atoms with van der Waals surface area (Å²) in [6, 6.07) is 10.1. The van der Waals surface area contributed by atoms with Crippen LogP contribution in [-0.2, 0) is 4.79 Å². The van der Waals surface area contributed by atoms with Crippen LogP contribution in [0.3, 0.4) is 0 Å². The van der Waals surface area contributed by atoms with Gasteiger partial charge in [0, 0.05) is 17.2 Å². The molecule has 6 nitrogen and oxygen atoms in total. The predicted octanol–water partition coefficient (Wildman–Crippen LogP) is 3.94. The van der Waals surface area contributed by atoms with Crippen molar-refractivity contribution in [1.82, 2.24) is 0 Å². The number of carbonyl (C=O) groups is 1. The molecular formula is C19H19ClN2O4. The first kappa shape index (κ1) is 19.4. The first-order valence-electron chi connectivity index (χ1n) is 7.79. The van der Waals surface area contributed by atoms with Crippen LogP contribution in [-0.4, -0.2) is 26.2 Å². The minimum atomic E-state index is -0.808. The maximum Gasteiger partial charge on any atom is 0.265 e. The van der Waals surface area contributed by atoms with Gasteiger partial charge in [-0.15, -0.1) is 0 Å². The molecule has 2 aromatic rings. The Kier molecular flexibility index (Phi) is 6.31. The van der Waals surface area contributed by atoms with Crippen LogP contribution in [0.25, 0.3) is 0 Å². The Labute approximate surface area is 157 Å². The molecule has 7 heteroatoms. The third-order valence-corrected chi connectivity index (χ3v) is 4.11. The number of methoxy groups -OCH3 is 2. The lowest BCUT2D eigenvalue weighted by Crippen LogP contribution is -2.30. The van der Waals surface area contributed by atoms with Crippen LogP contribution in [0.4, 0.5) is 5.69 Å². The van der Waals surface area contributed by atoms with Crippen molar-refractivity contribution in [1.29, 1.82) is 5.26 Å². The van der Waals surface area contributed by atoms with Gasteiger partial charge in [-0.05, 0) is 37.6 Å². The fourth-order valence-corrected chi connectivity index (χ4v) is 2.40. The molecule has 2 aromatic carbocycles. The highest BCUT2D eigenvalue weighted by molar-refractivity contribution is 6.31. The Balaban J connectivity index is 2.16. The van der Waals surface area contributed by atoms with Gasteiger partial charge in [0.1, 0.15) is 5.75 Å². The minimum absolute atomic E-state index is 0.364. The third-order valence-electron chi connectivity index (χ3n) is 3.70. The van der Waals surface area contributed by atoms with E-state index in [4.69, 9.17) is 31.1 Å². The molecule has 1 amide bonds. The highest BCUT2D eigenvalue weighted by atomic mass is 35.5. The van der Waals surface area contributed by atoms with E-state index in [1.807, 2.05) is 13.0 Å². The quantitative estimate of drug-likeness (QED) is 0.828. The van der Waals surface area contributed by atoms with Crippen LogP contribution in [0, 0.1) is 18.3 Å². The van der Waals surface area contributed by atoms with Crippen LogP contribution in [0.1, 0.15) is 18.1 Å². The number of hydrogen-bond donors (Lipinski definition) is 1. The van der Waals surface area contributed by atoms with Crippen LogP contribution >= 0.6 is 11.6 Å². The second-order valence-corrected chi connectivity index (χ2v) is 5.94. The molecule has 0 saturated heterocycles. The molecule has 1 N–H and O–H groups in total. The molecule has 0 fully saturated rings. The number of rotatable bonds is 6. The first-order chi connectivity index (χ1) is 12.4. The van der Waals surface area contributed by atoms with Gasteiger partial charge in [-0.25, -0.2) is 0 Å². The Bertz CT molecular complexity index is 861. The second kappa shape index (κ2) is 8.45. The van der Waals surface area contributed by atoms with Gasteiger partial charge in [-0.3, -0.25) is 4.79 Å². The van der Waals surface area contributed by atoms with E-state index < -0.39 is 6.10 Å². The number of nitrogens with zero attached hydrogens (tertiary/aromatic N) is 1. The van der Waals surface area contributed by atoms with Gasteiger partial charge in [-0.1, -0.05) is 11.6 Å². The molecule has 0 spiro atoms. The molecule has 0 radical (unpaired) electrons. The summed E-state index contributed by atoms with van der Waals surface area (Å²) in [6.45, 7) is 3.45. The van der Waals surface area contributed by atoms with Crippen molar-refractivity contribution >= 4 is 23.2 Å². The van der Waals surface area contributed by atoms with E-state index in [-0.39, 0.29) is 5.91 Å². The molecule has 0 aliphatic heterocycles. The van der Waals surface area contributed by atoms with Gasteiger partial charge in [0.15, 0.2) is 17.6 Å². The fourth-order valence-electron chi connectivity index (χ4n) is 2.24. The van der Waals surface area contributed by atoms with E-state index in [1.54, 1.807) is 37.3 Å². The van der Waals surface area contributed by atoms with Gasteiger partial charge in [-0.2, -0.15) is 5.26 Å². The summed E-state index contributed by atoms with van der Waals surface area (Å²) in [6.07, 6.45) is -0.808. The number of anilines is 1. The normalized spacial score (nSPS) is 11.2. The van der Waals surface area contributed by atoms with Gasteiger partial charge >= 0.3 is 0 Å². The van der Waals surface area contributed by atoms with Crippen LogP contribution < -0.4 is 19.5 Å². The van der Waals surface area contributed by atoms with E-state index >= 15 is 0 Å². The smallest absolute Gasteiger partial charge is 0.265 e. The monoisotopic (exact) mass is 374 g/mol. The van der Waals surface area contributed by atoms with E-state index in [0.29, 0.717) is 33.5 Å². The van der Waals surface area contributed by atoms with Crippen LogP contribution in [0.5, 0.6) is 17.2 Å². The molecule has 2 rings (SSSR count). The average Bonchev–Trinajstić information content (AvgIpc) is 2.64. The summed E-state index contributed by atoms with van der Waals surface area (Å²) in [4.78, 5) is 12.5. The molecule has 0 aliphatic rings. The minimum Gasteiger partial charge on any atom is -0.495 e. The van der Waals surface area contributed by atoms with Crippen molar-refractivity contribution in [3.05, 3.63) is 46.5 Å². The first-order valence-corrected chi connectivity index (χ1v) is 8.17. The lowest BCUT2D eigenvalue weighted by Gasteiger charge is -2.18. The van der Waals surface area contributed by atoms with E-state index in [9.17, 15) is 4.79 Å². The van der Waals surface area contributed by atoms with Crippen molar-refractivity contribution < 1.29 is 19.0 Å². The standard InChI is InChI=1S/C19H19ClN2O4/c1-11-7-15(17(24-3)9-14(11)20)22-19(23)12(2)26-16-6-5-13(10-21)8-18(16)25-4/h5-9,12H,1-4H3,(H,22,23)/t12-/m1/s1. The van der Waals surface area contributed by atoms with Crippen LogP contribution in [0.2, 0.25) is 5.02 Å². The number of benzene rings is 2. The molecule has 1 atom stereocenters. The second-order valence-electron chi connectivity index (χ2n) is 5.53.